The first kappa shape index (κ1) is 21.0. The molecule has 0 aromatic heterocycles. The van der Waals surface area contributed by atoms with Crippen LogP contribution in [0.25, 0.3) is 0 Å². The molecule has 1 fully saturated rings. The van der Waals surface area contributed by atoms with Gasteiger partial charge in [0.25, 0.3) is 5.91 Å². The fourth-order valence-corrected chi connectivity index (χ4v) is 3.24. The van der Waals surface area contributed by atoms with Crippen molar-refractivity contribution in [1.29, 1.82) is 0 Å². The third-order valence-corrected chi connectivity index (χ3v) is 4.73. The van der Waals surface area contributed by atoms with Gasteiger partial charge in [0, 0.05) is 19.1 Å². The van der Waals surface area contributed by atoms with Crippen LogP contribution in [0.1, 0.15) is 30.1 Å². The molecule has 9 heteroatoms. The number of hydrogen-bond donors (Lipinski definition) is 1. The van der Waals surface area contributed by atoms with Gasteiger partial charge in [0.2, 0.25) is 0 Å². The number of piperidine rings is 1. The number of hydrogen-bond acceptors (Lipinski definition) is 6. The van der Waals surface area contributed by atoms with Crippen LogP contribution in [0.2, 0.25) is 0 Å². The van der Waals surface area contributed by atoms with Crippen molar-refractivity contribution in [3.63, 3.8) is 0 Å². The summed E-state index contributed by atoms with van der Waals surface area (Å²) < 4.78 is 15.7. The van der Waals surface area contributed by atoms with Gasteiger partial charge in [-0.2, -0.15) is 0 Å². The molecule has 0 saturated carbocycles. The van der Waals surface area contributed by atoms with Gasteiger partial charge >= 0.3 is 12.1 Å². The molecule has 27 heavy (non-hydrogen) atoms. The van der Waals surface area contributed by atoms with E-state index in [2.05, 4.69) is 21.2 Å². The molecule has 0 spiro atoms. The Labute approximate surface area is 166 Å². The van der Waals surface area contributed by atoms with Crippen molar-refractivity contribution in [1.82, 2.24) is 10.2 Å². The number of ether oxygens (including phenoxy) is 3. The van der Waals surface area contributed by atoms with Crippen molar-refractivity contribution in [3.05, 3.63) is 28.2 Å². The monoisotopic (exact) mass is 442 g/mol. The van der Waals surface area contributed by atoms with Crippen molar-refractivity contribution < 1.29 is 28.6 Å². The number of rotatable bonds is 6. The van der Waals surface area contributed by atoms with Gasteiger partial charge in [0.1, 0.15) is 5.75 Å². The summed E-state index contributed by atoms with van der Waals surface area (Å²) in [6.07, 6.45) is 0.926. The van der Waals surface area contributed by atoms with E-state index in [1.807, 2.05) is 0 Å². The zero-order valence-corrected chi connectivity index (χ0v) is 16.9. The Morgan fingerprint density at radius 2 is 1.93 bits per heavy atom. The van der Waals surface area contributed by atoms with Crippen LogP contribution in [0.5, 0.6) is 5.75 Å². The third-order valence-electron chi connectivity index (χ3n) is 4.11. The highest BCUT2D eigenvalue weighted by molar-refractivity contribution is 9.10. The van der Waals surface area contributed by atoms with Gasteiger partial charge in [-0.15, -0.1) is 0 Å². The highest BCUT2D eigenvalue weighted by atomic mass is 79.9. The summed E-state index contributed by atoms with van der Waals surface area (Å²) in [6.45, 7) is 2.77. The molecule has 1 aliphatic heterocycles. The summed E-state index contributed by atoms with van der Waals surface area (Å²) in [6, 6.07) is 4.72. The quantitative estimate of drug-likeness (QED) is 0.679. The number of esters is 1. The molecule has 8 nitrogen and oxygen atoms in total. The van der Waals surface area contributed by atoms with Crippen LogP contribution in [-0.4, -0.2) is 62.3 Å². The van der Waals surface area contributed by atoms with Gasteiger partial charge in [-0.1, -0.05) is 0 Å². The molecule has 0 radical (unpaired) electrons. The minimum absolute atomic E-state index is 0.0583. The molecule has 1 aromatic rings. The van der Waals surface area contributed by atoms with Crippen LogP contribution in [0.15, 0.2) is 22.7 Å². The molecule has 0 atom stereocenters. The number of methoxy groups -OCH3 is 1. The first-order valence-corrected chi connectivity index (χ1v) is 9.45. The molecular formula is C18H23BrN2O6. The molecule has 0 aliphatic carbocycles. The summed E-state index contributed by atoms with van der Waals surface area (Å²) in [5.74, 6) is -0.366. The Hall–Kier alpha value is -2.29. The lowest BCUT2D eigenvalue weighted by Crippen LogP contribution is -2.47. The van der Waals surface area contributed by atoms with Crippen LogP contribution in [0, 0.1) is 0 Å². The predicted molar refractivity (Wildman–Crippen MR) is 101 cm³/mol. The second-order valence-electron chi connectivity index (χ2n) is 5.95. The van der Waals surface area contributed by atoms with Crippen LogP contribution in [-0.2, 0) is 14.3 Å². The molecule has 1 aliphatic rings. The van der Waals surface area contributed by atoms with Crippen molar-refractivity contribution in [3.8, 4) is 5.75 Å². The number of carbonyl (C=O) groups is 3. The Balaban J connectivity index is 1.74. The summed E-state index contributed by atoms with van der Waals surface area (Å²) in [7, 11) is 1.53. The highest BCUT2D eigenvalue weighted by Gasteiger charge is 2.24. The molecule has 0 bridgehead atoms. The SMILES string of the molecule is CCOC(=O)N1CCC(NC(=O)COC(=O)c2ccc(OC)c(Br)c2)CC1. The van der Waals surface area contributed by atoms with E-state index in [-0.39, 0.29) is 24.6 Å². The summed E-state index contributed by atoms with van der Waals surface area (Å²) >= 11 is 3.30. The minimum Gasteiger partial charge on any atom is -0.496 e. The molecule has 2 rings (SSSR count). The van der Waals surface area contributed by atoms with E-state index in [1.165, 1.54) is 7.11 Å². The number of carbonyl (C=O) groups excluding carboxylic acids is 3. The third kappa shape index (κ3) is 6.13. The average molecular weight is 443 g/mol. The Kier molecular flexibility index (Phi) is 7.90. The number of likely N-dealkylation sites (tertiary alicyclic amines) is 1. The minimum atomic E-state index is -0.592. The van der Waals surface area contributed by atoms with Gasteiger partial charge in [-0.3, -0.25) is 4.79 Å². The lowest BCUT2D eigenvalue weighted by atomic mass is 10.1. The van der Waals surface area contributed by atoms with Crippen molar-refractivity contribution in [2.45, 2.75) is 25.8 Å². The largest absolute Gasteiger partial charge is 0.496 e. The van der Waals surface area contributed by atoms with Crippen molar-refractivity contribution in [2.24, 2.45) is 0 Å². The maximum Gasteiger partial charge on any atom is 0.409 e. The number of halogens is 1. The van der Waals surface area contributed by atoms with E-state index >= 15 is 0 Å². The molecule has 1 aromatic carbocycles. The number of benzene rings is 1. The van der Waals surface area contributed by atoms with Gasteiger partial charge in [0.15, 0.2) is 6.61 Å². The van der Waals surface area contributed by atoms with Crippen LogP contribution >= 0.6 is 15.9 Å². The van der Waals surface area contributed by atoms with E-state index in [0.29, 0.717) is 48.3 Å². The lowest BCUT2D eigenvalue weighted by Gasteiger charge is -2.31. The number of nitrogens with one attached hydrogen (secondary N) is 1. The smallest absolute Gasteiger partial charge is 0.409 e. The van der Waals surface area contributed by atoms with Crippen LogP contribution in [0.4, 0.5) is 4.79 Å². The average Bonchev–Trinajstić information content (AvgIpc) is 2.66. The molecule has 1 heterocycles. The summed E-state index contributed by atoms with van der Waals surface area (Å²) in [5.41, 5.74) is 0.318. The summed E-state index contributed by atoms with van der Waals surface area (Å²) in [5, 5.41) is 2.82. The Morgan fingerprint density at radius 3 is 2.52 bits per heavy atom. The van der Waals surface area contributed by atoms with Crippen LogP contribution in [0.3, 0.4) is 0 Å². The number of nitrogens with zero attached hydrogens (tertiary/aromatic N) is 1. The second-order valence-corrected chi connectivity index (χ2v) is 6.81. The zero-order valence-electron chi connectivity index (χ0n) is 15.3. The molecule has 1 saturated heterocycles. The van der Waals surface area contributed by atoms with E-state index < -0.39 is 5.97 Å². The molecule has 2 amide bonds. The molecule has 1 N–H and O–H groups in total. The van der Waals surface area contributed by atoms with E-state index in [1.54, 1.807) is 30.0 Å². The molecule has 148 valence electrons. The van der Waals surface area contributed by atoms with E-state index in [9.17, 15) is 14.4 Å². The highest BCUT2D eigenvalue weighted by Crippen LogP contribution is 2.25. The van der Waals surface area contributed by atoms with Crippen LogP contribution < -0.4 is 10.1 Å². The first-order valence-electron chi connectivity index (χ1n) is 8.66. The normalized spacial score (nSPS) is 14.4. The zero-order chi connectivity index (χ0) is 19.8. The second kappa shape index (κ2) is 10.1. The van der Waals surface area contributed by atoms with Crippen molar-refractivity contribution >= 4 is 33.9 Å². The molecular weight excluding hydrogens is 420 g/mol. The maximum atomic E-state index is 12.1. The fourth-order valence-electron chi connectivity index (χ4n) is 2.70. The topological polar surface area (TPSA) is 94.2 Å². The standard InChI is InChI=1S/C18H23BrN2O6/c1-3-26-18(24)21-8-6-13(7-9-21)20-16(22)11-27-17(23)12-4-5-15(25-2)14(19)10-12/h4-5,10,13H,3,6-9,11H2,1-2H3,(H,20,22). The first-order chi connectivity index (χ1) is 12.9. The van der Waals surface area contributed by atoms with Gasteiger partial charge in [0.05, 0.1) is 23.8 Å². The van der Waals surface area contributed by atoms with Gasteiger partial charge < -0.3 is 24.4 Å². The van der Waals surface area contributed by atoms with Crippen molar-refractivity contribution in [2.75, 3.05) is 33.4 Å². The number of amides is 2. The van der Waals surface area contributed by atoms with Gasteiger partial charge in [-0.25, -0.2) is 9.59 Å². The summed E-state index contributed by atoms with van der Waals surface area (Å²) in [4.78, 5) is 37.3. The van der Waals surface area contributed by atoms with Gasteiger partial charge in [-0.05, 0) is 53.9 Å². The Morgan fingerprint density at radius 1 is 1.22 bits per heavy atom. The Bertz CT molecular complexity index is 688. The predicted octanol–water partition coefficient (Wildman–Crippen LogP) is 2.35. The maximum absolute atomic E-state index is 12.1. The van der Waals surface area contributed by atoms with E-state index in [0.717, 1.165) is 0 Å². The van der Waals surface area contributed by atoms with E-state index in [4.69, 9.17) is 14.2 Å². The molecule has 0 unspecified atom stereocenters. The lowest BCUT2D eigenvalue weighted by molar-refractivity contribution is -0.125. The fraction of sp³-hybridized carbons (Fsp3) is 0.500.